The molecule has 1 heterocycles. The number of benzene rings is 2. The number of carbonyl (C=O) groups excluding carboxylic acids is 3. The third-order valence-electron chi connectivity index (χ3n) is 4.20. The molecule has 2 aromatic carbocycles. The third-order valence-corrected chi connectivity index (χ3v) is 4.20. The quantitative estimate of drug-likeness (QED) is 0.445. The van der Waals surface area contributed by atoms with Gasteiger partial charge in [0.25, 0.3) is 5.91 Å². The molecule has 158 valence electrons. The highest BCUT2D eigenvalue weighted by atomic mass is 16.5. The average molecular weight is 419 g/mol. The largest absolute Gasteiger partial charge is 0.465 e. The Morgan fingerprint density at radius 1 is 1.06 bits per heavy atom. The maximum atomic E-state index is 12.1. The minimum atomic E-state index is -0.674. The first-order valence-electron chi connectivity index (χ1n) is 9.43. The number of anilines is 1. The fraction of sp³-hybridized carbons (Fsp3) is 0.130. The van der Waals surface area contributed by atoms with Gasteiger partial charge in [0.2, 0.25) is 0 Å². The SMILES string of the molecule is COC(=O)c1ccccc1NC(=O)COC(=O)/C=C/c1cnn(Cc2ccccc2)c1. The fourth-order valence-electron chi connectivity index (χ4n) is 2.74. The van der Waals surface area contributed by atoms with E-state index in [4.69, 9.17) is 4.74 Å². The summed E-state index contributed by atoms with van der Waals surface area (Å²) in [6.07, 6.45) is 6.21. The van der Waals surface area contributed by atoms with Crippen LogP contribution in [-0.4, -0.2) is 41.3 Å². The van der Waals surface area contributed by atoms with Crippen LogP contribution in [0.15, 0.2) is 73.1 Å². The summed E-state index contributed by atoms with van der Waals surface area (Å²) in [5, 5.41) is 6.78. The molecule has 1 aromatic heterocycles. The molecule has 1 amide bonds. The summed E-state index contributed by atoms with van der Waals surface area (Å²) >= 11 is 0. The van der Waals surface area contributed by atoms with Gasteiger partial charge in [-0.25, -0.2) is 9.59 Å². The highest BCUT2D eigenvalue weighted by Gasteiger charge is 2.14. The summed E-state index contributed by atoms with van der Waals surface area (Å²) in [5.74, 6) is -1.83. The van der Waals surface area contributed by atoms with Crippen molar-refractivity contribution >= 4 is 29.6 Å². The molecule has 0 radical (unpaired) electrons. The molecule has 0 fully saturated rings. The number of nitrogens with zero attached hydrogens (tertiary/aromatic N) is 2. The predicted octanol–water partition coefficient (Wildman–Crippen LogP) is 2.91. The van der Waals surface area contributed by atoms with Gasteiger partial charge in [-0.1, -0.05) is 42.5 Å². The lowest BCUT2D eigenvalue weighted by molar-refractivity contribution is -0.142. The van der Waals surface area contributed by atoms with Crippen molar-refractivity contribution in [1.29, 1.82) is 0 Å². The molecule has 8 heteroatoms. The summed E-state index contributed by atoms with van der Waals surface area (Å²) in [4.78, 5) is 35.7. The molecule has 0 aliphatic carbocycles. The van der Waals surface area contributed by atoms with Gasteiger partial charge in [0.1, 0.15) is 0 Å². The molecule has 0 unspecified atom stereocenters. The zero-order valence-electron chi connectivity index (χ0n) is 16.9. The van der Waals surface area contributed by atoms with Crippen molar-refractivity contribution in [3.63, 3.8) is 0 Å². The second-order valence-corrected chi connectivity index (χ2v) is 6.48. The van der Waals surface area contributed by atoms with Crippen LogP contribution in [0.3, 0.4) is 0 Å². The van der Waals surface area contributed by atoms with Crippen LogP contribution in [0.25, 0.3) is 6.08 Å². The molecule has 0 saturated heterocycles. The first-order chi connectivity index (χ1) is 15.0. The van der Waals surface area contributed by atoms with Crippen molar-refractivity contribution < 1.29 is 23.9 Å². The van der Waals surface area contributed by atoms with Crippen molar-refractivity contribution in [2.75, 3.05) is 19.0 Å². The number of ether oxygens (including phenoxy) is 2. The lowest BCUT2D eigenvalue weighted by atomic mass is 10.2. The minimum Gasteiger partial charge on any atom is -0.465 e. The van der Waals surface area contributed by atoms with Crippen LogP contribution in [-0.2, 0) is 25.6 Å². The number of hydrogen-bond donors (Lipinski definition) is 1. The number of para-hydroxylation sites is 1. The van der Waals surface area contributed by atoms with Gasteiger partial charge in [-0.2, -0.15) is 5.10 Å². The number of rotatable bonds is 8. The number of nitrogens with one attached hydrogen (secondary N) is 1. The Kier molecular flexibility index (Phi) is 7.31. The van der Waals surface area contributed by atoms with Crippen molar-refractivity contribution in [2.24, 2.45) is 0 Å². The van der Waals surface area contributed by atoms with Gasteiger partial charge in [-0.15, -0.1) is 0 Å². The molecule has 0 aliphatic rings. The number of esters is 2. The van der Waals surface area contributed by atoms with Crippen LogP contribution in [0.1, 0.15) is 21.5 Å². The Morgan fingerprint density at radius 3 is 2.58 bits per heavy atom. The maximum Gasteiger partial charge on any atom is 0.339 e. The van der Waals surface area contributed by atoms with Crippen molar-refractivity contribution in [2.45, 2.75) is 6.54 Å². The van der Waals surface area contributed by atoms with Crippen molar-refractivity contribution in [3.8, 4) is 0 Å². The van der Waals surface area contributed by atoms with Gasteiger partial charge < -0.3 is 14.8 Å². The molecule has 0 saturated carbocycles. The van der Waals surface area contributed by atoms with E-state index in [1.807, 2.05) is 30.3 Å². The molecule has 0 spiro atoms. The smallest absolute Gasteiger partial charge is 0.339 e. The van der Waals surface area contributed by atoms with E-state index in [-0.39, 0.29) is 11.3 Å². The van der Waals surface area contributed by atoms with E-state index >= 15 is 0 Å². The summed E-state index contributed by atoms with van der Waals surface area (Å²) in [5.41, 5.74) is 2.32. The van der Waals surface area contributed by atoms with E-state index in [1.165, 1.54) is 19.3 Å². The Morgan fingerprint density at radius 2 is 1.81 bits per heavy atom. The van der Waals surface area contributed by atoms with E-state index in [1.54, 1.807) is 41.4 Å². The van der Waals surface area contributed by atoms with Gasteiger partial charge in [0, 0.05) is 17.8 Å². The van der Waals surface area contributed by atoms with Gasteiger partial charge in [-0.3, -0.25) is 9.48 Å². The van der Waals surface area contributed by atoms with E-state index in [2.05, 4.69) is 15.2 Å². The Labute approximate surface area is 179 Å². The predicted molar refractivity (Wildman–Crippen MR) is 114 cm³/mol. The van der Waals surface area contributed by atoms with E-state index in [9.17, 15) is 14.4 Å². The summed E-state index contributed by atoms with van der Waals surface area (Å²) in [6.45, 7) is 0.123. The second kappa shape index (κ2) is 10.5. The Bertz CT molecular complexity index is 1090. The van der Waals surface area contributed by atoms with Crippen molar-refractivity contribution in [3.05, 3.63) is 89.8 Å². The van der Waals surface area contributed by atoms with Crippen LogP contribution < -0.4 is 5.32 Å². The number of carbonyl (C=O) groups is 3. The van der Waals surface area contributed by atoms with Gasteiger partial charge >= 0.3 is 11.9 Å². The van der Waals surface area contributed by atoms with Gasteiger partial charge in [0.15, 0.2) is 6.61 Å². The van der Waals surface area contributed by atoms with E-state index in [0.717, 1.165) is 11.1 Å². The van der Waals surface area contributed by atoms with Crippen LogP contribution in [0.4, 0.5) is 5.69 Å². The van der Waals surface area contributed by atoms with Crippen LogP contribution in [0.2, 0.25) is 0 Å². The first-order valence-corrected chi connectivity index (χ1v) is 9.43. The van der Waals surface area contributed by atoms with E-state index in [0.29, 0.717) is 6.54 Å². The van der Waals surface area contributed by atoms with Crippen LogP contribution >= 0.6 is 0 Å². The fourth-order valence-corrected chi connectivity index (χ4v) is 2.74. The minimum absolute atomic E-state index is 0.206. The summed E-state index contributed by atoms with van der Waals surface area (Å²) in [6, 6.07) is 16.3. The molecule has 3 aromatic rings. The lowest BCUT2D eigenvalue weighted by Gasteiger charge is -2.09. The standard InChI is InChI=1S/C23H21N3O5/c1-30-23(29)19-9-5-6-10-20(19)25-21(27)16-31-22(28)12-11-18-13-24-26(15-18)14-17-7-3-2-4-8-17/h2-13,15H,14,16H2,1H3,(H,25,27)/b12-11+. The Balaban J connectivity index is 1.49. The molecule has 0 atom stereocenters. The third kappa shape index (κ3) is 6.40. The monoisotopic (exact) mass is 419 g/mol. The van der Waals surface area contributed by atoms with E-state index < -0.39 is 24.5 Å². The lowest BCUT2D eigenvalue weighted by Crippen LogP contribution is -2.21. The zero-order valence-corrected chi connectivity index (χ0v) is 16.9. The normalized spacial score (nSPS) is 10.6. The highest BCUT2D eigenvalue weighted by Crippen LogP contribution is 2.15. The molecule has 31 heavy (non-hydrogen) atoms. The number of methoxy groups -OCH3 is 1. The average Bonchev–Trinajstić information content (AvgIpc) is 3.24. The zero-order chi connectivity index (χ0) is 22.1. The van der Waals surface area contributed by atoms with Crippen molar-refractivity contribution in [1.82, 2.24) is 9.78 Å². The van der Waals surface area contributed by atoms with Crippen LogP contribution in [0.5, 0.6) is 0 Å². The topological polar surface area (TPSA) is 99.5 Å². The molecular formula is C23H21N3O5. The summed E-state index contributed by atoms with van der Waals surface area (Å²) in [7, 11) is 1.25. The second-order valence-electron chi connectivity index (χ2n) is 6.48. The summed E-state index contributed by atoms with van der Waals surface area (Å²) < 4.78 is 11.4. The van der Waals surface area contributed by atoms with Gasteiger partial charge in [0.05, 0.1) is 31.1 Å². The van der Waals surface area contributed by atoms with Crippen LogP contribution in [0, 0.1) is 0 Å². The molecule has 0 aliphatic heterocycles. The molecule has 1 N–H and O–H groups in total. The molecule has 0 bridgehead atoms. The Hall–Kier alpha value is -4.20. The molecule has 3 rings (SSSR count). The maximum absolute atomic E-state index is 12.1. The highest BCUT2D eigenvalue weighted by molar-refractivity contribution is 6.02. The number of hydrogen-bond acceptors (Lipinski definition) is 6. The number of amides is 1. The molecule has 8 nitrogen and oxygen atoms in total. The molecular weight excluding hydrogens is 398 g/mol. The first kappa shape index (κ1) is 21.5. The van der Waals surface area contributed by atoms with Gasteiger partial charge in [-0.05, 0) is 23.8 Å². The number of aromatic nitrogens is 2.